The van der Waals surface area contributed by atoms with Gasteiger partial charge in [0.05, 0.1) is 6.20 Å². The van der Waals surface area contributed by atoms with E-state index in [0.29, 0.717) is 43.3 Å². The largest absolute Gasteiger partial charge is 0.422 e. The molecule has 4 heterocycles. The van der Waals surface area contributed by atoms with Crippen molar-refractivity contribution in [3.8, 4) is 11.3 Å². The number of amides is 1. The first-order valence-corrected chi connectivity index (χ1v) is 11.2. The van der Waals surface area contributed by atoms with Crippen molar-refractivity contribution in [2.24, 2.45) is 5.41 Å². The van der Waals surface area contributed by atoms with E-state index in [9.17, 15) is 9.18 Å². The summed E-state index contributed by atoms with van der Waals surface area (Å²) < 4.78 is 20.9. The van der Waals surface area contributed by atoms with E-state index in [0.717, 1.165) is 17.8 Å². The third kappa shape index (κ3) is 4.61. The molecule has 10 heteroatoms. The van der Waals surface area contributed by atoms with E-state index < -0.39 is 5.95 Å². The molecular weight excluding hydrogens is 437 g/mol. The molecule has 0 radical (unpaired) electrons. The highest BCUT2D eigenvalue weighted by atomic mass is 19.1. The number of hydrogen-bond donors (Lipinski definition) is 0. The highest BCUT2D eigenvalue weighted by molar-refractivity contribution is 5.94. The number of hydrogen-bond acceptors (Lipinski definition) is 7. The van der Waals surface area contributed by atoms with E-state index in [1.54, 1.807) is 0 Å². The predicted octanol–water partition coefficient (Wildman–Crippen LogP) is 3.63. The van der Waals surface area contributed by atoms with Gasteiger partial charge in [-0.3, -0.25) is 9.48 Å². The third-order valence-corrected chi connectivity index (χ3v) is 5.65. The maximum atomic E-state index is 13.3. The lowest BCUT2D eigenvalue weighted by molar-refractivity contribution is 0.0745. The monoisotopic (exact) mass is 463 g/mol. The van der Waals surface area contributed by atoms with Crippen LogP contribution < -0.4 is 4.90 Å². The molecule has 0 unspecified atom stereocenters. The highest BCUT2D eigenvalue weighted by Gasteiger charge is 2.25. The SMILES string of the molecule is CC(C)(C)Cn1cc(-c2ccc(C(=O)N3CCN(c4nc5nc(F)ccc5o4)CC3)cc2)nn1. The molecule has 1 aliphatic heterocycles. The Hall–Kier alpha value is -3.82. The lowest BCUT2D eigenvalue weighted by atomic mass is 9.97. The summed E-state index contributed by atoms with van der Waals surface area (Å²) in [5.74, 6) is -0.618. The molecule has 34 heavy (non-hydrogen) atoms. The van der Waals surface area contributed by atoms with Crippen LogP contribution in [0.4, 0.5) is 10.4 Å². The van der Waals surface area contributed by atoms with E-state index >= 15 is 0 Å². The van der Waals surface area contributed by atoms with Crippen LogP contribution in [0.2, 0.25) is 0 Å². The molecular formula is C24H26FN7O2. The van der Waals surface area contributed by atoms with Crippen LogP contribution in [-0.2, 0) is 6.54 Å². The second-order valence-electron chi connectivity index (χ2n) is 9.67. The van der Waals surface area contributed by atoms with Crippen LogP contribution in [0.25, 0.3) is 22.5 Å². The summed E-state index contributed by atoms with van der Waals surface area (Å²) in [5, 5.41) is 8.48. The fraction of sp³-hybridized carbons (Fsp3) is 0.375. The summed E-state index contributed by atoms with van der Waals surface area (Å²) in [7, 11) is 0. The molecule has 0 saturated carbocycles. The summed E-state index contributed by atoms with van der Waals surface area (Å²) in [6, 6.07) is 10.6. The second kappa shape index (κ2) is 8.51. The van der Waals surface area contributed by atoms with Crippen LogP contribution in [0.3, 0.4) is 0 Å². The molecule has 9 nitrogen and oxygen atoms in total. The van der Waals surface area contributed by atoms with Crippen LogP contribution in [0.5, 0.6) is 0 Å². The Kier molecular flexibility index (Phi) is 5.51. The van der Waals surface area contributed by atoms with Gasteiger partial charge in [-0.05, 0) is 29.7 Å². The van der Waals surface area contributed by atoms with Crippen molar-refractivity contribution in [1.82, 2.24) is 29.9 Å². The minimum atomic E-state index is -0.594. The quantitative estimate of drug-likeness (QED) is 0.427. The molecule has 0 bridgehead atoms. The van der Waals surface area contributed by atoms with Gasteiger partial charge in [0.1, 0.15) is 5.69 Å². The number of benzene rings is 1. The zero-order valence-corrected chi connectivity index (χ0v) is 19.4. The molecule has 1 aliphatic rings. The average molecular weight is 464 g/mol. The summed E-state index contributed by atoms with van der Waals surface area (Å²) >= 11 is 0. The van der Waals surface area contributed by atoms with Gasteiger partial charge in [-0.1, -0.05) is 38.1 Å². The van der Waals surface area contributed by atoms with Crippen molar-refractivity contribution in [3.63, 3.8) is 0 Å². The normalized spacial score (nSPS) is 14.7. The van der Waals surface area contributed by atoms with Gasteiger partial charge in [0, 0.05) is 43.9 Å². The first-order chi connectivity index (χ1) is 16.2. The Morgan fingerprint density at radius 3 is 2.47 bits per heavy atom. The third-order valence-electron chi connectivity index (χ3n) is 5.65. The van der Waals surface area contributed by atoms with Gasteiger partial charge < -0.3 is 14.2 Å². The second-order valence-corrected chi connectivity index (χ2v) is 9.67. The van der Waals surface area contributed by atoms with Crippen molar-refractivity contribution in [3.05, 3.63) is 54.1 Å². The number of rotatable bonds is 4. The van der Waals surface area contributed by atoms with Crippen molar-refractivity contribution in [1.29, 1.82) is 0 Å². The van der Waals surface area contributed by atoms with E-state index in [1.165, 1.54) is 12.1 Å². The van der Waals surface area contributed by atoms with Crippen LogP contribution in [0.1, 0.15) is 31.1 Å². The van der Waals surface area contributed by atoms with Crippen LogP contribution in [-0.4, -0.2) is 61.9 Å². The zero-order valence-electron chi connectivity index (χ0n) is 19.4. The summed E-state index contributed by atoms with van der Waals surface area (Å²) in [4.78, 5) is 24.8. The Morgan fingerprint density at radius 2 is 1.76 bits per heavy atom. The van der Waals surface area contributed by atoms with Crippen molar-refractivity contribution in [2.45, 2.75) is 27.3 Å². The van der Waals surface area contributed by atoms with Gasteiger partial charge in [0.2, 0.25) is 11.6 Å². The number of piperazine rings is 1. The standard InChI is InChI=1S/C24H26FN7O2/c1-24(2,3)15-32-14-18(28-29-32)16-4-6-17(7-5-16)22(33)30-10-12-31(13-11-30)23-27-21-19(34-23)8-9-20(25)26-21/h4-9,14H,10-13,15H2,1-3H3. The van der Waals surface area contributed by atoms with Gasteiger partial charge in [-0.15, -0.1) is 5.10 Å². The van der Waals surface area contributed by atoms with Crippen LogP contribution in [0.15, 0.2) is 47.0 Å². The lowest BCUT2D eigenvalue weighted by Gasteiger charge is -2.33. The number of anilines is 1. The molecule has 1 aromatic carbocycles. The minimum Gasteiger partial charge on any atom is -0.422 e. The molecule has 0 atom stereocenters. The Bertz CT molecular complexity index is 1320. The number of carbonyl (C=O) groups is 1. The van der Waals surface area contributed by atoms with Gasteiger partial charge in [0.15, 0.2) is 5.58 Å². The summed E-state index contributed by atoms with van der Waals surface area (Å²) in [6.45, 7) is 9.43. The predicted molar refractivity (Wildman–Crippen MR) is 125 cm³/mol. The molecule has 1 saturated heterocycles. The topological polar surface area (TPSA) is 93.2 Å². The molecule has 0 N–H and O–H groups in total. The molecule has 4 aromatic rings. The average Bonchev–Trinajstić information content (AvgIpc) is 3.44. The van der Waals surface area contributed by atoms with Crippen molar-refractivity contribution in [2.75, 3.05) is 31.1 Å². The van der Waals surface area contributed by atoms with Crippen molar-refractivity contribution < 1.29 is 13.6 Å². The van der Waals surface area contributed by atoms with Gasteiger partial charge in [-0.25, -0.2) is 0 Å². The molecule has 0 aliphatic carbocycles. The van der Waals surface area contributed by atoms with E-state index in [2.05, 4.69) is 41.1 Å². The number of fused-ring (bicyclic) bond motifs is 1. The Balaban J connectivity index is 1.21. The highest BCUT2D eigenvalue weighted by Crippen LogP contribution is 2.23. The number of carbonyl (C=O) groups excluding carboxylic acids is 1. The maximum Gasteiger partial charge on any atom is 0.300 e. The number of nitrogens with zero attached hydrogens (tertiary/aromatic N) is 7. The van der Waals surface area contributed by atoms with Gasteiger partial charge >= 0.3 is 0 Å². The summed E-state index contributed by atoms with van der Waals surface area (Å²) in [5.41, 5.74) is 3.12. The zero-order chi connectivity index (χ0) is 23.9. The van der Waals surface area contributed by atoms with E-state index in [1.807, 2.05) is 44.9 Å². The molecule has 5 rings (SSSR count). The summed E-state index contributed by atoms with van der Waals surface area (Å²) in [6.07, 6.45) is 1.93. The maximum absolute atomic E-state index is 13.3. The Labute approximate surface area is 196 Å². The first-order valence-electron chi connectivity index (χ1n) is 11.2. The van der Waals surface area contributed by atoms with E-state index in [4.69, 9.17) is 4.42 Å². The van der Waals surface area contributed by atoms with Gasteiger partial charge in [-0.2, -0.15) is 14.4 Å². The number of halogens is 1. The number of oxazole rings is 1. The fourth-order valence-corrected chi connectivity index (χ4v) is 3.98. The Morgan fingerprint density at radius 1 is 1.03 bits per heavy atom. The number of pyridine rings is 1. The fourth-order valence-electron chi connectivity index (χ4n) is 3.98. The number of aromatic nitrogens is 5. The van der Waals surface area contributed by atoms with Crippen LogP contribution in [0, 0.1) is 11.4 Å². The molecule has 1 fully saturated rings. The van der Waals surface area contributed by atoms with E-state index in [-0.39, 0.29) is 17.0 Å². The molecule has 176 valence electrons. The van der Waals surface area contributed by atoms with Gasteiger partial charge in [0.25, 0.3) is 11.9 Å². The smallest absolute Gasteiger partial charge is 0.300 e. The lowest BCUT2D eigenvalue weighted by Crippen LogP contribution is -2.48. The van der Waals surface area contributed by atoms with Crippen molar-refractivity contribution >= 4 is 23.2 Å². The molecule has 0 spiro atoms. The molecule has 1 amide bonds. The first kappa shape index (κ1) is 22.0. The molecule has 3 aromatic heterocycles. The minimum absolute atomic E-state index is 0.0242. The van der Waals surface area contributed by atoms with Crippen LogP contribution >= 0.6 is 0 Å².